The van der Waals surface area contributed by atoms with Gasteiger partial charge in [-0.2, -0.15) is 0 Å². The molecule has 1 aromatic heterocycles. The summed E-state index contributed by atoms with van der Waals surface area (Å²) >= 11 is 0. The third-order valence-corrected chi connectivity index (χ3v) is 6.65. The maximum absolute atomic E-state index is 13.0. The molecular weight excluding hydrogens is 434 g/mol. The van der Waals surface area contributed by atoms with Gasteiger partial charge in [0.05, 0.1) is 13.7 Å². The van der Waals surface area contributed by atoms with Crippen LogP contribution in [0.1, 0.15) is 28.9 Å². The third kappa shape index (κ3) is 5.19. The van der Waals surface area contributed by atoms with Crippen molar-refractivity contribution in [2.24, 2.45) is 5.73 Å². The fraction of sp³-hybridized carbons (Fsp3) is 0.200. The van der Waals surface area contributed by atoms with Crippen LogP contribution >= 0.6 is 0 Å². The van der Waals surface area contributed by atoms with Crippen LogP contribution in [0.4, 0.5) is 0 Å². The van der Waals surface area contributed by atoms with E-state index in [9.17, 15) is 4.79 Å². The number of rotatable bonds is 10. The molecule has 0 saturated heterocycles. The van der Waals surface area contributed by atoms with Crippen LogP contribution in [0.5, 0.6) is 5.75 Å². The molecule has 4 aromatic rings. The first-order valence-corrected chi connectivity index (χ1v) is 11.8. The lowest BCUT2D eigenvalue weighted by atomic mass is 9.71. The summed E-state index contributed by atoms with van der Waals surface area (Å²) in [5, 5.41) is 0. The fourth-order valence-corrected chi connectivity index (χ4v) is 4.62. The highest BCUT2D eigenvalue weighted by molar-refractivity contribution is 5.90. The van der Waals surface area contributed by atoms with Gasteiger partial charge >= 0.3 is 0 Å². The van der Waals surface area contributed by atoms with Crippen molar-refractivity contribution in [1.29, 1.82) is 0 Å². The van der Waals surface area contributed by atoms with E-state index in [0.717, 1.165) is 34.8 Å². The van der Waals surface area contributed by atoms with E-state index in [2.05, 4.69) is 46.7 Å². The molecule has 4 rings (SSSR count). The van der Waals surface area contributed by atoms with Crippen molar-refractivity contribution in [2.45, 2.75) is 31.8 Å². The number of nitrogens with zero attached hydrogens (tertiary/aromatic N) is 2. The van der Waals surface area contributed by atoms with E-state index in [1.807, 2.05) is 78.9 Å². The number of hydrogen-bond donors (Lipinski definition) is 1. The van der Waals surface area contributed by atoms with Crippen LogP contribution in [-0.2, 0) is 23.3 Å². The molecule has 0 bridgehead atoms. The van der Waals surface area contributed by atoms with Gasteiger partial charge in [0, 0.05) is 13.3 Å². The van der Waals surface area contributed by atoms with Crippen LogP contribution in [0, 0.1) is 6.92 Å². The van der Waals surface area contributed by atoms with Crippen LogP contribution in [-0.4, -0.2) is 17.6 Å². The van der Waals surface area contributed by atoms with Crippen molar-refractivity contribution in [3.63, 3.8) is 0 Å². The van der Waals surface area contributed by atoms with E-state index >= 15 is 0 Å². The number of ether oxygens (including phenoxy) is 1. The number of nitrogens with two attached hydrogens (primary N) is 1. The summed E-state index contributed by atoms with van der Waals surface area (Å²) in [6, 6.07) is 27.7. The Morgan fingerprint density at radius 1 is 1.00 bits per heavy atom. The number of hydrogen-bond acceptors (Lipinski definition) is 2. The summed E-state index contributed by atoms with van der Waals surface area (Å²) < 4.78 is 9.67. The minimum atomic E-state index is -0.906. The number of aryl methyl sites for hydroxylation is 1. The molecule has 0 fully saturated rings. The first-order valence-electron chi connectivity index (χ1n) is 11.8. The number of aromatic nitrogens is 2. The highest BCUT2D eigenvalue weighted by atomic mass is 16.5. The van der Waals surface area contributed by atoms with Crippen molar-refractivity contribution < 1.29 is 14.1 Å². The summed E-state index contributed by atoms with van der Waals surface area (Å²) in [5.74, 6) is 1.62. The zero-order chi connectivity index (χ0) is 24.7. The van der Waals surface area contributed by atoms with Crippen molar-refractivity contribution in [2.75, 3.05) is 7.11 Å². The Bertz CT molecular complexity index is 1250. The van der Waals surface area contributed by atoms with Gasteiger partial charge in [0.15, 0.2) is 0 Å². The Labute approximate surface area is 207 Å². The van der Waals surface area contributed by atoms with Gasteiger partial charge in [-0.15, -0.1) is 0 Å². The lowest BCUT2D eigenvalue weighted by Crippen LogP contribution is -2.43. The van der Waals surface area contributed by atoms with Crippen molar-refractivity contribution >= 4 is 12.0 Å². The van der Waals surface area contributed by atoms with E-state index in [-0.39, 0.29) is 5.91 Å². The van der Waals surface area contributed by atoms with Crippen LogP contribution in [0.25, 0.3) is 6.08 Å². The van der Waals surface area contributed by atoms with Crippen LogP contribution in [0.3, 0.4) is 0 Å². The van der Waals surface area contributed by atoms with Crippen LogP contribution in [0.15, 0.2) is 103 Å². The number of carbonyl (C=O) groups is 1. The Morgan fingerprint density at radius 2 is 1.66 bits per heavy atom. The van der Waals surface area contributed by atoms with Gasteiger partial charge in [-0.25, -0.2) is 9.13 Å². The Balaban J connectivity index is 1.55. The topological polar surface area (TPSA) is 61.1 Å². The average molecular weight is 467 g/mol. The molecule has 0 aliphatic carbocycles. The Hall–Kier alpha value is -4.12. The SMILES string of the molecule is COc1cccc(/C=C/C[n+]2ccn(CCC(C(N)=O)(c3ccccc3)c3ccccc3)c2C)c1. The second-order valence-corrected chi connectivity index (χ2v) is 8.62. The largest absolute Gasteiger partial charge is 0.497 e. The van der Waals surface area contributed by atoms with Gasteiger partial charge in [-0.3, -0.25) is 4.79 Å². The van der Waals surface area contributed by atoms with Crippen molar-refractivity contribution in [1.82, 2.24) is 4.57 Å². The van der Waals surface area contributed by atoms with Crippen molar-refractivity contribution in [3.8, 4) is 5.75 Å². The maximum atomic E-state index is 13.0. The highest BCUT2D eigenvalue weighted by Crippen LogP contribution is 2.36. The lowest BCUT2D eigenvalue weighted by molar-refractivity contribution is -0.692. The van der Waals surface area contributed by atoms with E-state index in [0.29, 0.717) is 13.0 Å². The summed E-state index contributed by atoms with van der Waals surface area (Å²) in [5.41, 5.74) is 8.13. The number of imidazole rings is 1. The van der Waals surface area contributed by atoms with Gasteiger partial charge in [-0.1, -0.05) is 78.9 Å². The molecular formula is C30H32N3O2+. The summed E-state index contributed by atoms with van der Waals surface area (Å²) in [4.78, 5) is 13.0. The minimum absolute atomic E-state index is 0.339. The zero-order valence-electron chi connectivity index (χ0n) is 20.3. The Kier molecular flexibility index (Phi) is 7.46. The van der Waals surface area contributed by atoms with Crippen LogP contribution < -0.4 is 15.0 Å². The first kappa shape index (κ1) is 24.0. The second kappa shape index (κ2) is 10.9. The predicted molar refractivity (Wildman–Crippen MR) is 139 cm³/mol. The number of primary amides is 1. The predicted octanol–water partition coefficient (Wildman–Crippen LogP) is 4.67. The monoisotopic (exact) mass is 466 g/mol. The van der Waals surface area contributed by atoms with Gasteiger partial charge in [0.25, 0.3) is 5.82 Å². The molecule has 1 heterocycles. The van der Waals surface area contributed by atoms with Crippen LogP contribution in [0.2, 0.25) is 0 Å². The first-order chi connectivity index (χ1) is 17.0. The molecule has 0 atom stereocenters. The summed E-state index contributed by atoms with van der Waals surface area (Å²) in [6.45, 7) is 3.50. The molecule has 178 valence electrons. The third-order valence-electron chi connectivity index (χ3n) is 6.65. The molecule has 35 heavy (non-hydrogen) atoms. The maximum Gasteiger partial charge on any atom is 0.253 e. The summed E-state index contributed by atoms with van der Waals surface area (Å²) in [6.07, 6.45) is 8.92. The molecule has 2 N–H and O–H groups in total. The van der Waals surface area contributed by atoms with E-state index in [4.69, 9.17) is 10.5 Å². The number of benzene rings is 3. The molecule has 0 spiro atoms. The molecule has 0 unspecified atom stereocenters. The molecule has 5 heteroatoms. The lowest BCUT2D eigenvalue weighted by Gasteiger charge is -2.31. The fourth-order valence-electron chi connectivity index (χ4n) is 4.62. The van der Waals surface area contributed by atoms with E-state index in [1.165, 1.54) is 0 Å². The van der Waals surface area contributed by atoms with E-state index in [1.54, 1.807) is 7.11 Å². The van der Waals surface area contributed by atoms with Gasteiger partial charge in [0.1, 0.15) is 30.1 Å². The van der Waals surface area contributed by atoms with Crippen molar-refractivity contribution in [3.05, 3.63) is 126 Å². The van der Waals surface area contributed by atoms with Gasteiger partial charge in [0.2, 0.25) is 5.91 Å². The molecule has 0 saturated carbocycles. The molecule has 0 aliphatic heterocycles. The molecule has 0 aliphatic rings. The molecule has 0 radical (unpaired) electrons. The van der Waals surface area contributed by atoms with Gasteiger partial charge < -0.3 is 10.5 Å². The number of allylic oxidation sites excluding steroid dienone is 1. The van der Waals surface area contributed by atoms with Gasteiger partial charge in [-0.05, 0) is 34.9 Å². The quantitative estimate of drug-likeness (QED) is 0.345. The standard InChI is InChI=1S/C30H31N3O2/c1-24-32(19-10-12-25-11-9-17-28(23-25)35-2)21-22-33(24)20-18-30(29(31)34,26-13-5-3-6-14-26)27-15-7-4-8-16-27/h3-17,21-23H,18-20H2,1-2H3,(H-,31,34)/p+1/b12-10+. The molecule has 3 aromatic carbocycles. The summed E-state index contributed by atoms with van der Waals surface area (Å²) in [7, 11) is 1.67. The number of carbonyl (C=O) groups excluding carboxylic acids is 1. The van der Waals surface area contributed by atoms with E-state index < -0.39 is 5.41 Å². The number of amides is 1. The second-order valence-electron chi connectivity index (χ2n) is 8.62. The number of methoxy groups -OCH3 is 1. The zero-order valence-corrected chi connectivity index (χ0v) is 20.3. The molecule has 1 amide bonds. The smallest absolute Gasteiger partial charge is 0.253 e. The average Bonchev–Trinajstić information content (AvgIpc) is 3.25. The Morgan fingerprint density at radius 3 is 2.26 bits per heavy atom. The highest BCUT2D eigenvalue weighted by Gasteiger charge is 2.40. The normalized spacial score (nSPS) is 11.6. The molecule has 5 nitrogen and oxygen atoms in total. The minimum Gasteiger partial charge on any atom is -0.497 e.